The molecular formula is C29H28N4O3S2. The van der Waals surface area contributed by atoms with Gasteiger partial charge in [0.05, 0.1) is 35.6 Å². The third-order valence-corrected chi connectivity index (χ3v) is 9.26. The van der Waals surface area contributed by atoms with Gasteiger partial charge in [0.25, 0.3) is 0 Å². The van der Waals surface area contributed by atoms with Gasteiger partial charge in [-0.1, -0.05) is 54.6 Å². The molecule has 2 aliphatic rings. The molecule has 6 rings (SSSR count). The van der Waals surface area contributed by atoms with Gasteiger partial charge in [0.1, 0.15) is 12.4 Å². The molecule has 0 bridgehead atoms. The average Bonchev–Trinajstić information content (AvgIpc) is 3.60. The highest BCUT2D eigenvalue weighted by atomic mass is 32.2. The molecule has 4 heterocycles. The van der Waals surface area contributed by atoms with Crippen molar-refractivity contribution in [3.8, 4) is 16.9 Å². The lowest BCUT2D eigenvalue weighted by atomic mass is 10.0. The van der Waals surface area contributed by atoms with E-state index >= 15 is 0 Å². The molecule has 2 aromatic heterocycles. The number of fused-ring (bicyclic) bond motifs is 1. The lowest BCUT2D eigenvalue weighted by Gasteiger charge is -2.30. The Hall–Kier alpha value is -3.40. The van der Waals surface area contributed by atoms with Crippen molar-refractivity contribution in [3.05, 3.63) is 88.1 Å². The first-order valence-electron chi connectivity index (χ1n) is 12.7. The number of ether oxygens (including phenoxy) is 1. The lowest BCUT2D eigenvalue weighted by molar-refractivity contribution is -0.134. The predicted octanol–water partition coefficient (Wildman–Crippen LogP) is 4.94. The van der Waals surface area contributed by atoms with Crippen LogP contribution in [0.15, 0.2) is 72.1 Å². The number of rotatable bonds is 5. The molecule has 0 radical (unpaired) electrons. The molecule has 0 aliphatic carbocycles. The summed E-state index contributed by atoms with van der Waals surface area (Å²) in [5.41, 5.74) is 4.70. The van der Waals surface area contributed by atoms with Crippen LogP contribution in [0.2, 0.25) is 0 Å². The summed E-state index contributed by atoms with van der Waals surface area (Å²) in [6, 6.07) is 22.3. The predicted molar refractivity (Wildman–Crippen MR) is 152 cm³/mol. The van der Waals surface area contributed by atoms with Crippen LogP contribution in [0.25, 0.3) is 16.9 Å². The summed E-state index contributed by atoms with van der Waals surface area (Å²) < 4.78 is 7.32. The zero-order valence-electron chi connectivity index (χ0n) is 21.1. The van der Waals surface area contributed by atoms with E-state index in [9.17, 15) is 9.59 Å². The van der Waals surface area contributed by atoms with Gasteiger partial charge in [-0.2, -0.15) is 5.10 Å². The Kier molecular flexibility index (Phi) is 7.06. The third-order valence-electron chi connectivity index (χ3n) is 6.94. The fourth-order valence-corrected chi connectivity index (χ4v) is 7.19. The number of aryl methyl sites for hydroxylation is 1. The van der Waals surface area contributed by atoms with Crippen LogP contribution in [0.3, 0.4) is 0 Å². The number of aromatic nitrogens is 2. The molecule has 0 spiro atoms. The number of morpholine rings is 1. The zero-order valence-corrected chi connectivity index (χ0v) is 22.7. The molecule has 4 aromatic rings. The molecule has 1 saturated heterocycles. The minimum Gasteiger partial charge on any atom is -0.378 e. The molecule has 0 saturated carbocycles. The van der Waals surface area contributed by atoms with Crippen LogP contribution in [0.5, 0.6) is 0 Å². The molecule has 2 amide bonds. The van der Waals surface area contributed by atoms with Gasteiger partial charge in [-0.15, -0.1) is 23.1 Å². The summed E-state index contributed by atoms with van der Waals surface area (Å²) in [6.07, 6.45) is 0. The Balaban J connectivity index is 1.58. The quantitative estimate of drug-likeness (QED) is 0.356. The maximum Gasteiger partial charge on any atom is 0.242 e. The fraction of sp³-hybridized carbons (Fsp3) is 0.276. The summed E-state index contributed by atoms with van der Waals surface area (Å²) in [6.45, 7) is 4.11. The van der Waals surface area contributed by atoms with Crippen molar-refractivity contribution in [2.75, 3.05) is 43.5 Å². The highest BCUT2D eigenvalue weighted by Crippen LogP contribution is 2.49. The van der Waals surface area contributed by atoms with Gasteiger partial charge < -0.3 is 9.64 Å². The van der Waals surface area contributed by atoms with E-state index in [4.69, 9.17) is 9.84 Å². The van der Waals surface area contributed by atoms with E-state index < -0.39 is 0 Å². The minimum absolute atomic E-state index is 0.0324. The molecular weight excluding hydrogens is 516 g/mol. The molecule has 0 N–H and O–H groups in total. The van der Waals surface area contributed by atoms with Crippen LogP contribution in [-0.2, 0) is 14.3 Å². The molecule has 9 heteroatoms. The molecule has 0 unspecified atom stereocenters. The molecule has 1 fully saturated rings. The van der Waals surface area contributed by atoms with Gasteiger partial charge in [0.2, 0.25) is 11.8 Å². The summed E-state index contributed by atoms with van der Waals surface area (Å²) in [5.74, 6) is 0.778. The van der Waals surface area contributed by atoms with E-state index in [0.717, 1.165) is 32.9 Å². The average molecular weight is 545 g/mol. The molecule has 1 atom stereocenters. The second-order valence-corrected chi connectivity index (χ2v) is 11.4. The van der Waals surface area contributed by atoms with Crippen LogP contribution >= 0.6 is 23.1 Å². The number of amides is 2. The Morgan fingerprint density at radius 3 is 2.53 bits per heavy atom. The lowest BCUT2D eigenvalue weighted by Crippen LogP contribution is -2.48. The smallest absolute Gasteiger partial charge is 0.242 e. The molecule has 2 aromatic carbocycles. The van der Waals surface area contributed by atoms with Gasteiger partial charge in [-0.05, 0) is 30.0 Å². The van der Waals surface area contributed by atoms with Gasteiger partial charge in [0.15, 0.2) is 0 Å². The minimum atomic E-state index is -0.0922. The molecule has 38 heavy (non-hydrogen) atoms. The molecule has 7 nitrogen and oxygen atoms in total. The Labute approximate surface area is 230 Å². The number of benzene rings is 2. The van der Waals surface area contributed by atoms with Crippen LogP contribution < -0.4 is 4.90 Å². The number of thioether (sulfide) groups is 1. The molecule has 2 aliphatic heterocycles. The van der Waals surface area contributed by atoms with Crippen LogP contribution in [0.1, 0.15) is 21.3 Å². The number of nitrogens with zero attached hydrogens (tertiary/aromatic N) is 4. The van der Waals surface area contributed by atoms with Gasteiger partial charge in [-0.3, -0.25) is 14.5 Å². The highest BCUT2D eigenvalue weighted by molar-refractivity contribution is 8.00. The number of carbonyl (C=O) groups is 2. The van der Waals surface area contributed by atoms with Crippen LogP contribution in [0, 0.1) is 6.92 Å². The van der Waals surface area contributed by atoms with E-state index in [-0.39, 0.29) is 29.4 Å². The van der Waals surface area contributed by atoms with Gasteiger partial charge in [-0.25, -0.2) is 4.68 Å². The first kappa shape index (κ1) is 24.9. The number of hydrogen-bond acceptors (Lipinski definition) is 6. The van der Waals surface area contributed by atoms with Crippen molar-refractivity contribution >= 4 is 40.7 Å². The summed E-state index contributed by atoms with van der Waals surface area (Å²) >= 11 is 3.28. The third kappa shape index (κ3) is 4.66. The number of hydrogen-bond donors (Lipinski definition) is 0. The van der Waals surface area contributed by atoms with Crippen LogP contribution in [-0.4, -0.2) is 65.1 Å². The van der Waals surface area contributed by atoms with E-state index in [2.05, 4.69) is 23.6 Å². The normalized spacial score (nSPS) is 17.8. The summed E-state index contributed by atoms with van der Waals surface area (Å²) in [5, 5.41) is 7.14. The van der Waals surface area contributed by atoms with Crippen LogP contribution in [0.4, 0.5) is 5.82 Å². The standard InChI is InChI=1S/C29H28N4O3S2/c1-20-8-5-6-11-22(20)33-29-26(27(30-33)21-9-3-2-4-10-21)28(23-12-7-17-37-23)38-19-25(35)32(29)18-24(34)31-13-15-36-16-14-31/h2-12,17,28H,13-16,18-19H2,1H3/t28-/m0/s1. The maximum absolute atomic E-state index is 13.8. The van der Waals surface area contributed by atoms with Crippen molar-refractivity contribution < 1.29 is 14.3 Å². The number of para-hydroxylation sites is 1. The van der Waals surface area contributed by atoms with Crippen molar-refractivity contribution in [1.29, 1.82) is 0 Å². The van der Waals surface area contributed by atoms with Gasteiger partial charge in [0, 0.05) is 29.1 Å². The highest BCUT2D eigenvalue weighted by Gasteiger charge is 2.38. The second-order valence-electron chi connectivity index (χ2n) is 9.33. The SMILES string of the molecule is Cc1ccccc1-n1nc(-c2ccccc2)c2c1N(CC(=O)N1CCOCC1)C(=O)CS[C@H]2c1cccs1. The topological polar surface area (TPSA) is 67.7 Å². The van der Waals surface area contributed by atoms with Crippen molar-refractivity contribution in [2.24, 2.45) is 0 Å². The van der Waals surface area contributed by atoms with Crippen molar-refractivity contribution in [3.63, 3.8) is 0 Å². The largest absolute Gasteiger partial charge is 0.378 e. The number of anilines is 1. The zero-order chi connectivity index (χ0) is 26.1. The van der Waals surface area contributed by atoms with Gasteiger partial charge >= 0.3 is 0 Å². The number of carbonyl (C=O) groups excluding carboxylic acids is 2. The van der Waals surface area contributed by atoms with E-state index in [0.29, 0.717) is 32.1 Å². The van der Waals surface area contributed by atoms with E-state index in [1.165, 1.54) is 0 Å². The molecule has 194 valence electrons. The Morgan fingerprint density at radius 1 is 1.03 bits per heavy atom. The van der Waals surface area contributed by atoms with E-state index in [1.807, 2.05) is 60.1 Å². The Bertz CT molecular complexity index is 1450. The second kappa shape index (κ2) is 10.8. The summed E-state index contributed by atoms with van der Waals surface area (Å²) in [7, 11) is 0. The fourth-order valence-electron chi connectivity index (χ4n) is 5.01. The van der Waals surface area contributed by atoms with Crippen molar-refractivity contribution in [1.82, 2.24) is 14.7 Å². The first-order valence-corrected chi connectivity index (χ1v) is 14.6. The van der Waals surface area contributed by atoms with Crippen molar-refractivity contribution in [2.45, 2.75) is 12.2 Å². The Morgan fingerprint density at radius 2 is 1.79 bits per heavy atom. The van der Waals surface area contributed by atoms with E-state index in [1.54, 1.807) is 32.9 Å². The first-order chi connectivity index (χ1) is 18.6. The monoisotopic (exact) mass is 544 g/mol. The number of thiophene rings is 1. The maximum atomic E-state index is 13.8. The summed E-state index contributed by atoms with van der Waals surface area (Å²) in [4.78, 5) is 31.9.